The number of hydrogen-bond donors (Lipinski definition) is 0. The van der Waals surface area contributed by atoms with Crippen molar-refractivity contribution in [3.8, 4) is 0 Å². The molecule has 0 spiro atoms. The Morgan fingerprint density at radius 1 is 0.750 bits per heavy atom. The molecule has 0 radical (unpaired) electrons. The van der Waals surface area contributed by atoms with Gasteiger partial charge < -0.3 is 20.5 Å². The third-order valence-electron chi connectivity index (χ3n) is 3.09. The van der Waals surface area contributed by atoms with Crippen molar-refractivity contribution >= 4 is 34.7 Å². The van der Waals surface area contributed by atoms with Gasteiger partial charge >= 0.3 is 22.4 Å². The topological polar surface area (TPSA) is 97.8 Å². The molecule has 0 amide bonds. The van der Waals surface area contributed by atoms with Gasteiger partial charge in [0.1, 0.15) is 0 Å². The monoisotopic (exact) mass is 556 g/mol. The molecule has 0 saturated carbocycles. The molecule has 28 heavy (non-hydrogen) atoms. The summed E-state index contributed by atoms with van der Waals surface area (Å²) in [5, 5.41) is 25.8. The molecule has 1 aromatic heterocycles. The normalized spacial score (nSPS) is 10.9. The standard InChI is InChI=1S/C11H9N2.C10H12N2O2.Au/c1-2-6-10(7-3-1)13-11-8-4-5-9-12-11;1-7(13)11-9-5-3-4-6-10(9)12-8(2)14;/h1-9H;3-6H,1-2H3,(H,11,13)(H,12,14);/q-1;;+3/p-2. The van der Waals surface area contributed by atoms with Gasteiger partial charge in [-0.1, -0.05) is 72.7 Å². The van der Waals surface area contributed by atoms with Crippen molar-refractivity contribution in [2.75, 3.05) is 0 Å². The molecule has 1 heterocycles. The second-order valence-corrected chi connectivity index (χ2v) is 5.39. The van der Waals surface area contributed by atoms with Gasteiger partial charge in [0.2, 0.25) is 0 Å². The molecule has 3 rings (SSSR count). The fourth-order valence-corrected chi connectivity index (χ4v) is 2.05. The molecule has 0 aliphatic heterocycles. The van der Waals surface area contributed by atoms with E-state index in [0.29, 0.717) is 11.4 Å². The van der Waals surface area contributed by atoms with Crippen LogP contribution in [0.5, 0.6) is 0 Å². The van der Waals surface area contributed by atoms with E-state index in [9.17, 15) is 10.2 Å². The van der Waals surface area contributed by atoms with Crippen LogP contribution in [0.1, 0.15) is 13.8 Å². The molecule has 0 fully saturated rings. The zero-order chi connectivity index (χ0) is 19.5. The van der Waals surface area contributed by atoms with Gasteiger partial charge in [0.15, 0.2) is 0 Å². The maximum absolute atomic E-state index is 10.8. The first-order chi connectivity index (χ1) is 13.0. The minimum Gasteiger partial charge on any atom is -0.862 e. The van der Waals surface area contributed by atoms with Gasteiger partial charge in [-0.25, -0.2) is 0 Å². The SMILES string of the molecule is CC([O-])=Nc1ccccc1N=C(C)[O-].[Au+3].c1ccc([N-]c2ccccn2)cc1. The average Bonchev–Trinajstić information content (AvgIpc) is 2.65. The summed E-state index contributed by atoms with van der Waals surface area (Å²) < 4.78 is 0. The van der Waals surface area contributed by atoms with E-state index in [1.165, 1.54) is 13.8 Å². The van der Waals surface area contributed by atoms with Crippen molar-refractivity contribution < 1.29 is 32.6 Å². The van der Waals surface area contributed by atoms with E-state index >= 15 is 0 Å². The van der Waals surface area contributed by atoms with Crippen molar-refractivity contribution in [2.24, 2.45) is 9.98 Å². The number of hydrogen-bond acceptors (Lipinski definition) is 5. The zero-order valence-electron chi connectivity index (χ0n) is 15.4. The summed E-state index contributed by atoms with van der Waals surface area (Å²) in [4.78, 5) is 11.6. The molecular weight excluding hydrogens is 537 g/mol. The molecule has 0 bridgehead atoms. The quantitative estimate of drug-likeness (QED) is 0.277. The van der Waals surface area contributed by atoms with Crippen LogP contribution in [-0.2, 0) is 22.4 Å². The minimum atomic E-state index is -0.309. The van der Waals surface area contributed by atoms with Gasteiger partial charge in [0, 0.05) is 0 Å². The summed E-state index contributed by atoms with van der Waals surface area (Å²) in [5.41, 5.74) is 1.78. The van der Waals surface area contributed by atoms with E-state index in [-0.39, 0.29) is 34.2 Å². The predicted molar refractivity (Wildman–Crippen MR) is 105 cm³/mol. The Kier molecular flexibility index (Phi) is 10.3. The number of pyridine rings is 1. The van der Waals surface area contributed by atoms with Crippen LogP contribution in [-0.4, -0.2) is 16.8 Å². The van der Waals surface area contributed by atoms with E-state index in [4.69, 9.17) is 0 Å². The first kappa shape index (κ1) is 23.1. The second-order valence-electron chi connectivity index (χ2n) is 5.39. The van der Waals surface area contributed by atoms with Gasteiger partial charge in [-0.15, -0.1) is 0 Å². The molecule has 0 atom stereocenters. The third kappa shape index (κ3) is 8.64. The van der Waals surface area contributed by atoms with Gasteiger partial charge in [-0.2, -0.15) is 0 Å². The summed E-state index contributed by atoms with van der Waals surface area (Å²) in [5.74, 6) is 0.126. The van der Waals surface area contributed by atoms with E-state index < -0.39 is 0 Å². The molecule has 3 aromatic rings. The average molecular weight is 556 g/mol. The molecule has 0 saturated heterocycles. The number of benzene rings is 2. The zero-order valence-corrected chi connectivity index (χ0v) is 17.6. The van der Waals surface area contributed by atoms with Crippen LogP contribution in [0.25, 0.3) is 5.32 Å². The smallest absolute Gasteiger partial charge is 0.862 e. The van der Waals surface area contributed by atoms with Crippen molar-refractivity contribution in [3.05, 3.63) is 84.3 Å². The molecule has 0 aliphatic carbocycles. The van der Waals surface area contributed by atoms with E-state index in [1.54, 1.807) is 30.5 Å². The minimum absolute atomic E-state index is 0. The second kappa shape index (κ2) is 12.5. The van der Waals surface area contributed by atoms with Crippen LogP contribution in [0.15, 0.2) is 89.0 Å². The van der Waals surface area contributed by atoms with Crippen LogP contribution in [0.2, 0.25) is 0 Å². The molecule has 0 aliphatic rings. The molecule has 0 N–H and O–H groups in total. The van der Waals surface area contributed by atoms with Gasteiger partial charge in [-0.3, -0.25) is 9.98 Å². The van der Waals surface area contributed by atoms with Crippen molar-refractivity contribution in [1.29, 1.82) is 0 Å². The summed E-state index contributed by atoms with van der Waals surface area (Å²) in [6.45, 7) is 2.70. The number of aliphatic imine (C=N–C) groups is 2. The van der Waals surface area contributed by atoms with Crippen LogP contribution in [0.3, 0.4) is 0 Å². The number of aromatic nitrogens is 1. The first-order valence-electron chi connectivity index (χ1n) is 8.26. The molecule has 7 heteroatoms. The summed E-state index contributed by atoms with van der Waals surface area (Å²) in [6, 6.07) is 22.2. The van der Waals surface area contributed by atoms with Gasteiger partial charge in [-0.05, 0) is 43.5 Å². The Balaban J connectivity index is 0.000000271. The number of para-hydroxylation sites is 3. The Bertz CT molecular complexity index is 818. The predicted octanol–water partition coefficient (Wildman–Crippen LogP) is 3.92. The maximum Gasteiger partial charge on any atom is 3.00 e. The molecule has 146 valence electrons. The Morgan fingerprint density at radius 3 is 1.71 bits per heavy atom. The van der Waals surface area contributed by atoms with Crippen LogP contribution >= 0.6 is 0 Å². The first-order valence-corrected chi connectivity index (χ1v) is 8.26. The molecular formula is C21H19AuN4O2. The fraction of sp³-hybridized carbons (Fsp3) is 0.0952. The Hall–Kier alpha value is -2.93. The third-order valence-corrected chi connectivity index (χ3v) is 3.09. The Morgan fingerprint density at radius 2 is 1.25 bits per heavy atom. The molecule has 0 unspecified atom stereocenters. The van der Waals surface area contributed by atoms with E-state index in [2.05, 4.69) is 20.3 Å². The summed E-state index contributed by atoms with van der Waals surface area (Å²) in [6.07, 6.45) is 1.74. The van der Waals surface area contributed by atoms with Crippen molar-refractivity contribution in [1.82, 2.24) is 4.98 Å². The largest absolute Gasteiger partial charge is 3.00 e. The van der Waals surface area contributed by atoms with E-state index in [0.717, 1.165) is 11.5 Å². The number of rotatable bonds is 4. The maximum atomic E-state index is 10.8. The molecule has 2 aromatic carbocycles. The number of nitrogens with zero attached hydrogens (tertiary/aromatic N) is 4. The summed E-state index contributed by atoms with van der Waals surface area (Å²) >= 11 is 0. The van der Waals surface area contributed by atoms with Crippen molar-refractivity contribution in [3.63, 3.8) is 0 Å². The van der Waals surface area contributed by atoms with Gasteiger partial charge in [0.05, 0.1) is 11.4 Å². The summed E-state index contributed by atoms with van der Waals surface area (Å²) in [7, 11) is 0. The van der Waals surface area contributed by atoms with Crippen LogP contribution < -0.4 is 10.2 Å². The van der Waals surface area contributed by atoms with Gasteiger partial charge in [0.25, 0.3) is 0 Å². The van der Waals surface area contributed by atoms with Crippen molar-refractivity contribution in [2.45, 2.75) is 13.8 Å². The van der Waals surface area contributed by atoms with Crippen LogP contribution in [0.4, 0.5) is 22.9 Å². The fourth-order valence-electron chi connectivity index (χ4n) is 2.05. The Labute approximate surface area is 180 Å². The van der Waals surface area contributed by atoms with Crippen LogP contribution in [0, 0.1) is 0 Å². The van der Waals surface area contributed by atoms with E-state index in [1.807, 2.05) is 48.5 Å². The molecule has 6 nitrogen and oxygen atoms in total.